The second-order valence-electron chi connectivity index (χ2n) is 7.58. The zero-order valence-corrected chi connectivity index (χ0v) is 13.8. The van der Waals surface area contributed by atoms with Gasteiger partial charge in [-0.1, -0.05) is 33.8 Å². The minimum absolute atomic E-state index is 0.0956. The topological polar surface area (TPSA) is 21.3 Å². The highest BCUT2D eigenvalue weighted by Crippen LogP contribution is 2.41. The van der Waals surface area contributed by atoms with Crippen LogP contribution in [0.5, 0.6) is 5.75 Å². The molecule has 0 amide bonds. The Balaban J connectivity index is 2.38. The SMILES string of the molecule is CCCNC1CC(C)(C)Oc2ccc(C(C)(C)C)cc21. The third kappa shape index (κ3) is 3.35. The quantitative estimate of drug-likeness (QED) is 0.871. The van der Waals surface area contributed by atoms with Crippen molar-refractivity contribution in [2.75, 3.05) is 6.54 Å². The Bertz CT molecular complexity index is 471. The molecule has 0 aliphatic carbocycles. The largest absolute Gasteiger partial charge is 0.487 e. The van der Waals surface area contributed by atoms with E-state index in [0.29, 0.717) is 6.04 Å². The van der Waals surface area contributed by atoms with Crippen LogP contribution >= 0.6 is 0 Å². The van der Waals surface area contributed by atoms with E-state index in [4.69, 9.17) is 4.74 Å². The molecule has 1 aliphatic heterocycles. The summed E-state index contributed by atoms with van der Waals surface area (Å²) in [4.78, 5) is 0. The summed E-state index contributed by atoms with van der Waals surface area (Å²) < 4.78 is 6.16. The zero-order valence-electron chi connectivity index (χ0n) is 13.8. The van der Waals surface area contributed by atoms with Gasteiger partial charge >= 0.3 is 0 Å². The first-order valence-corrected chi connectivity index (χ1v) is 7.80. The first-order valence-electron chi connectivity index (χ1n) is 7.80. The van der Waals surface area contributed by atoms with Gasteiger partial charge in [0.15, 0.2) is 0 Å². The summed E-state index contributed by atoms with van der Waals surface area (Å²) in [6.45, 7) is 14.4. The summed E-state index contributed by atoms with van der Waals surface area (Å²) in [6.07, 6.45) is 2.18. The number of hydrogen-bond acceptors (Lipinski definition) is 2. The number of nitrogens with one attached hydrogen (secondary N) is 1. The highest BCUT2D eigenvalue weighted by Gasteiger charge is 2.34. The van der Waals surface area contributed by atoms with Gasteiger partial charge < -0.3 is 10.1 Å². The highest BCUT2D eigenvalue weighted by atomic mass is 16.5. The molecule has 1 N–H and O–H groups in total. The molecule has 1 heterocycles. The van der Waals surface area contributed by atoms with Gasteiger partial charge in [-0.15, -0.1) is 0 Å². The van der Waals surface area contributed by atoms with Gasteiger partial charge in [-0.2, -0.15) is 0 Å². The predicted molar refractivity (Wildman–Crippen MR) is 85.5 cm³/mol. The predicted octanol–water partition coefficient (Wildman–Crippen LogP) is 4.59. The van der Waals surface area contributed by atoms with Crippen LogP contribution in [0.15, 0.2) is 18.2 Å². The van der Waals surface area contributed by atoms with Crippen molar-refractivity contribution >= 4 is 0 Å². The van der Waals surface area contributed by atoms with Crippen LogP contribution in [0.3, 0.4) is 0 Å². The molecule has 0 fully saturated rings. The van der Waals surface area contributed by atoms with Crippen LogP contribution in [0.1, 0.15) is 71.6 Å². The first kappa shape index (κ1) is 15.4. The lowest BCUT2D eigenvalue weighted by molar-refractivity contribution is 0.0660. The molecule has 20 heavy (non-hydrogen) atoms. The van der Waals surface area contributed by atoms with Crippen molar-refractivity contribution in [1.82, 2.24) is 5.32 Å². The number of fused-ring (bicyclic) bond motifs is 1. The lowest BCUT2D eigenvalue weighted by Gasteiger charge is -2.39. The maximum atomic E-state index is 6.16. The third-order valence-electron chi connectivity index (χ3n) is 3.97. The van der Waals surface area contributed by atoms with E-state index in [0.717, 1.165) is 25.1 Å². The molecule has 0 aromatic heterocycles. The normalized spacial score (nSPS) is 21.2. The monoisotopic (exact) mass is 275 g/mol. The van der Waals surface area contributed by atoms with Crippen molar-refractivity contribution in [3.05, 3.63) is 29.3 Å². The molecular formula is C18H29NO. The van der Waals surface area contributed by atoms with Crippen molar-refractivity contribution in [3.8, 4) is 5.75 Å². The van der Waals surface area contributed by atoms with Crippen molar-refractivity contribution in [3.63, 3.8) is 0 Å². The van der Waals surface area contributed by atoms with E-state index in [1.54, 1.807) is 0 Å². The number of ether oxygens (including phenoxy) is 1. The summed E-state index contributed by atoms with van der Waals surface area (Å²) in [6, 6.07) is 7.09. The molecule has 1 aliphatic rings. The van der Waals surface area contributed by atoms with E-state index in [-0.39, 0.29) is 11.0 Å². The van der Waals surface area contributed by atoms with Gasteiger partial charge in [-0.25, -0.2) is 0 Å². The van der Waals surface area contributed by atoms with Crippen molar-refractivity contribution in [2.45, 2.75) is 71.4 Å². The van der Waals surface area contributed by atoms with Crippen LogP contribution in [0.2, 0.25) is 0 Å². The molecule has 2 nitrogen and oxygen atoms in total. The Labute approximate surface area is 123 Å². The lowest BCUT2D eigenvalue weighted by Crippen LogP contribution is -2.39. The van der Waals surface area contributed by atoms with Gasteiger partial charge in [0.25, 0.3) is 0 Å². The van der Waals surface area contributed by atoms with Gasteiger partial charge in [0.2, 0.25) is 0 Å². The van der Waals surface area contributed by atoms with Crippen LogP contribution in [-0.2, 0) is 5.41 Å². The minimum atomic E-state index is -0.0956. The summed E-state index contributed by atoms with van der Waals surface area (Å²) in [5, 5.41) is 3.68. The molecular weight excluding hydrogens is 246 g/mol. The van der Waals surface area contributed by atoms with E-state index >= 15 is 0 Å². The summed E-state index contributed by atoms with van der Waals surface area (Å²) in [7, 11) is 0. The maximum Gasteiger partial charge on any atom is 0.124 e. The van der Waals surface area contributed by atoms with E-state index in [9.17, 15) is 0 Å². The molecule has 0 radical (unpaired) electrons. The first-order chi connectivity index (χ1) is 9.23. The smallest absolute Gasteiger partial charge is 0.124 e. The standard InChI is InChI=1S/C18H29NO/c1-7-10-19-15-12-18(5,6)20-16-9-8-13(11-14(15)16)17(2,3)4/h8-9,11,15,19H,7,10,12H2,1-6H3. The molecule has 0 saturated heterocycles. The summed E-state index contributed by atoms with van der Waals surface area (Å²) in [5.41, 5.74) is 2.78. The fraction of sp³-hybridized carbons (Fsp3) is 0.667. The maximum absolute atomic E-state index is 6.16. The average Bonchev–Trinajstić information content (AvgIpc) is 2.33. The second kappa shape index (κ2) is 5.40. The Hall–Kier alpha value is -1.02. The molecule has 2 heteroatoms. The Morgan fingerprint density at radius 2 is 2.00 bits per heavy atom. The van der Waals surface area contributed by atoms with Gasteiger partial charge in [-0.3, -0.25) is 0 Å². The van der Waals surface area contributed by atoms with Crippen LogP contribution in [0, 0.1) is 0 Å². The van der Waals surface area contributed by atoms with Gasteiger partial charge in [0.05, 0.1) is 0 Å². The van der Waals surface area contributed by atoms with E-state index in [1.165, 1.54) is 11.1 Å². The molecule has 1 unspecified atom stereocenters. The van der Waals surface area contributed by atoms with Crippen LogP contribution in [0.4, 0.5) is 0 Å². The van der Waals surface area contributed by atoms with Gasteiger partial charge in [-0.05, 0) is 49.9 Å². The Morgan fingerprint density at radius 3 is 2.60 bits per heavy atom. The van der Waals surface area contributed by atoms with E-state index < -0.39 is 0 Å². The van der Waals surface area contributed by atoms with Crippen molar-refractivity contribution < 1.29 is 4.74 Å². The molecule has 0 saturated carbocycles. The van der Waals surface area contributed by atoms with Crippen LogP contribution < -0.4 is 10.1 Å². The molecule has 112 valence electrons. The molecule has 2 rings (SSSR count). The van der Waals surface area contributed by atoms with Crippen LogP contribution in [-0.4, -0.2) is 12.1 Å². The summed E-state index contributed by atoms with van der Waals surface area (Å²) in [5.74, 6) is 1.04. The molecule has 0 bridgehead atoms. The lowest BCUT2D eigenvalue weighted by atomic mass is 9.82. The number of hydrogen-bond donors (Lipinski definition) is 1. The zero-order chi connectivity index (χ0) is 15.0. The molecule has 1 aromatic carbocycles. The van der Waals surface area contributed by atoms with Crippen molar-refractivity contribution in [2.24, 2.45) is 0 Å². The Morgan fingerprint density at radius 1 is 1.30 bits per heavy atom. The fourth-order valence-corrected chi connectivity index (χ4v) is 2.82. The highest BCUT2D eigenvalue weighted by molar-refractivity contribution is 5.43. The van der Waals surface area contributed by atoms with Gasteiger partial charge in [0, 0.05) is 18.0 Å². The van der Waals surface area contributed by atoms with Gasteiger partial charge in [0.1, 0.15) is 11.4 Å². The fourth-order valence-electron chi connectivity index (χ4n) is 2.82. The average molecular weight is 275 g/mol. The van der Waals surface area contributed by atoms with Crippen molar-refractivity contribution in [1.29, 1.82) is 0 Å². The third-order valence-corrected chi connectivity index (χ3v) is 3.97. The molecule has 1 atom stereocenters. The summed E-state index contributed by atoms with van der Waals surface area (Å²) >= 11 is 0. The van der Waals surface area contributed by atoms with E-state index in [2.05, 4.69) is 65.1 Å². The minimum Gasteiger partial charge on any atom is -0.487 e. The second-order valence-corrected chi connectivity index (χ2v) is 7.58. The molecule has 0 spiro atoms. The van der Waals surface area contributed by atoms with Crippen LogP contribution in [0.25, 0.3) is 0 Å². The van der Waals surface area contributed by atoms with E-state index in [1.807, 2.05) is 0 Å². The molecule has 1 aromatic rings. The Kier molecular flexibility index (Phi) is 4.15. The number of benzene rings is 1. The number of rotatable bonds is 3.